The quantitative estimate of drug-likeness (QED) is 0.852. The molecular weight excluding hydrogens is 248 g/mol. The summed E-state index contributed by atoms with van der Waals surface area (Å²) in [5, 5.41) is 8.93. The predicted molar refractivity (Wildman–Crippen MR) is 77.0 cm³/mol. The summed E-state index contributed by atoms with van der Waals surface area (Å²) >= 11 is 0. The number of benzene rings is 2. The molecule has 98 valence electrons. The van der Waals surface area contributed by atoms with Gasteiger partial charge in [0.15, 0.2) is 0 Å². The van der Waals surface area contributed by atoms with Gasteiger partial charge >= 0.3 is 0 Å². The first-order chi connectivity index (χ1) is 9.81. The van der Waals surface area contributed by atoms with Gasteiger partial charge in [-0.2, -0.15) is 5.26 Å². The van der Waals surface area contributed by atoms with E-state index in [4.69, 9.17) is 5.26 Å². The summed E-state index contributed by atoms with van der Waals surface area (Å²) < 4.78 is 0. The molecule has 0 bridgehead atoms. The zero-order chi connectivity index (χ0) is 13.9. The van der Waals surface area contributed by atoms with Crippen LogP contribution in [0.4, 0.5) is 5.69 Å². The third-order valence-corrected chi connectivity index (χ3v) is 3.65. The van der Waals surface area contributed by atoms with Crippen LogP contribution in [0.15, 0.2) is 54.6 Å². The fourth-order valence-electron chi connectivity index (χ4n) is 2.69. The maximum Gasteiger partial charge on any atom is 0.235 e. The molecule has 3 rings (SSSR count). The summed E-state index contributed by atoms with van der Waals surface area (Å²) in [6, 6.07) is 19.8. The van der Waals surface area contributed by atoms with Gasteiger partial charge in [0.05, 0.1) is 25.0 Å². The summed E-state index contributed by atoms with van der Waals surface area (Å²) in [5.41, 5.74) is 2.99. The molecule has 2 aromatic rings. The Balaban J connectivity index is 1.96. The molecule has 2 aromatic carbocycles. The molecule has 0 saturated heterocycles. The summed E-state index contributed by atoms with van der Waals surface area (Å²) in [6.45, 7) is 0.554. The highest BCUT2D eigenvalue weighted by Gasteiger charge is 2.36. The van der Waals surface area contributed by atoms with E-state index < -0.39 is 0 Å². The normalized spacial score (nSPS) is 16.9. The van der Waals surface area contributed by atoms with Crippen molar-refractivity contribution in [3.05, 3.63) is 65.7 Å². The highest BCUT2D eigenvalue weighted by atomic mass is 16.2. The van der Waals surface area contributed by atoms with Crippen LogP contribution in [-0.2, 0) is 11.3 Å². The largest absolute Gasteiger partial charge is 0.307 e. The molecule has 0 N–H and O–H groups in total. The third-order valence-electron chi connectivity index (χ3n) is 3.65. The number of hydrogen-bond donors (Lipinski definition) is 0. The average molecular weight is 262 g/mol. The topological polar surface area (TPSA) is 44.1 Å². The van der Waals surface area contributed by atoms with E-state index in [1.54, 1.807) is 4.90 Å². The first kappa shape index (κ1) is 12.4. The standard InChI is InChI=1S/C17H14N2O/c18-11-10-15-14-8-4-5-9-16(14)19(17(15)20)12-13-6-2-1-3-7-13/h1-9,15H,10,12H2/t15-/m0/s1. The second kappa shape index (κ2) is 5.18. The van der Waals surface area contributed by atoms with Gasteiger partial charge in [0.25, 0.3) is 0 Å². The lowest BCUT2D eigenvalue weighted by Crippen LogP contribution is -2.28. The van der Waals surface area contributed by atoms with E-state index in [1.807, 2.05) is 54.6 Å². The number of rotatable bonds is 3. The molecule has 1 amide bonds. The lowest BCUT2D eigenvalue weighted by molar-refractivity contribution is -0.119. The Labute approximate surface area is 118 Å². The summed E-state index contributed by atoms with van der Waals surface area (Å²) in [6.07, 6.45) is 0.237. The van der Waals surface area contributed by atoms with Crippen molar-refractivity contribution >= 4 is 11.6 Å². The van der Waals surface area contributed by atoms with Crippen molar-refractivity contribution in [3.63, 3.8) is 0 Å². The molecule has 0 radical (unpaired) electrons. The highest BCUT2D eigenvalue weighted by Crippen LogP contribution is 2.39. The van der Waals surface area contributed by atoms with Gasteiger partial charge < -0.3 is 4.90 Å². The van der Waals surface area contributed by atoms with E-state index >= 15 is 0 Å². The van der Waals surface area contributed by atoms with Crippen LogP contribution in [-0.4, -0.2) is 5.91 Å². The van der Waals surface area contributed by atoms with Gasteiger partial charge in [0.1, 0.15) is 0 Å². The van der Waals surface area contributed by atoms with Gasteiger partial charge in [0, 0.05) is 5.69 Å². The van der Waals surface area contributed by atoms with Gasteiger partial charge in [-0.05, 0) is 17.2 Å². The van der Waals surface area contributed by atoms with Crippen LogP contribution in [0.5, 0.6) is 0 Å². The zero-order valence-electron chi connectivity index (χ0n) is 11.0. The number of hydrogen-bond acceptors (Lipinski definition) is 2. The Morgan fingerprint density at radius 2 is 1.75 bits per heavy atom. The summed E-state index contributed by atoms with van der Waals surface area (Å²) in [5.74, 6) is -0.295. The van der Waals surface area contributed by atoms with Crippen LogP contribution in [0.25, 0.3) is 0 Å². The molecule has 3 nitrogen and oxygen atoms in total. The minimum absolute atomic E-state index is 0.0246. The van der Waals surface area contributed by atoms with E-state index in [0.717, 1.165) is 16.8 Å². The van der Waals surface area contributed by atoms with Crippen LogP contribution >= 0.6 is 0 Å². The Hall–Kier alpha value is -2.60. The van der Waals surface area contributed by atoms with E-state index in [-0.39, 0.29) is 18.2 Å². The zero-order valence-corrected chi connectivity index (χ0v) is 11.0. The monoisotopic (exact) mass is 262 g/mol. The number of carbonyl (C=O) groups is 1. The fourth-order valence-corrected chi connectivity index (χ4v) is 2.69. The van der Waals surface area contributed by atoms with Crippen LogP contribution in [0.2, 0.25) is 0 Å². The summed E-state index contributed by atoms with van der Waals surface area (Å²) in [7, 11) is 0. The van der Waals surface area contributed by atoms with Gasteiger partial charge in [-0.25, -0.2) is 0 Å². The molecule has 3 heteroatoms. The first-order valence-corrected chi connectivity index (χ1v) is 6.62. The smallest absolute Gasteiger partial charge is 0.235 e. The first-order valence-electron chi connectivity index (χ1n) is 6.62. The van der Waals surface area contributed by atoms with Gasteiger partial charge in [-0.15, -0.1) is 0 Å². The van der Waals surface area contributed by atoms with Crippen molar-refractivity contribution in [2.75, 3.05) is 4.90 Å². The molecule has 1 atom stereocenters. The second-order valence-electron chi connectivity index (χ2n) is 4.88. The number of anilines is 1. The van der Waals surface area contributed by atoms with E-state index in [0.29, 0.717) is 6.54 Å². The van der Waals surface area contributed by atoms with Crippen LogP contribution in [0.1, 0.15) is 23.5 Å². The van der Waals surface area contributed by atoms with Gasteiger partial charge in [-0.3, -0.25) is 4.79 Å². The molecular formula is C17H14N2O. The molecule has 0 spiro atoms. The molecule has 1 aliphatic heterocycles. The number of para-hydroxylation sites is 1. The molecule has 0 aliphatic carbocycles. The maximum atomic E-state index is 12.5. The Morgan fingerprint density at radius 1 is 1.05 bits per heavy atom. The molecule has 20 heavy (non-hydrogen) atoms. The molecule has 0 fully saturated rings. The van der Waals surface area contributed by atoms with E-state index in [2.05, 4.69) is 6.07 Å². The van der Waals surface area contributed by atoms with Gasteiger partial charge in [0.2, 0.25) is 5.91 Å². The number of carbonyl (C=O) groups excluding carboxylic acids is 1. The number of nitriles is 1. The maximum absolute atomic E-state index is 12.5. The van der Waals surface area contributed by atoms with Crippen molar-refractivity contribution in [2.45, 2.75) is 18.9 Å². The Bertz CT molecular complexity index is 673. The van der Waals surface area contributed by atoms with E-state index in [9.17, 15) is 4.79 Å². The number of amides is 1. The van der Waals surface area contributed by atoms with E-state index in [1.165, 1.54) is 0 Å². The lowest BCUT2D eigenvalue weighted by atomic mass is 9.98. The molecule has 0 aromatic heterocycles. The molecule has 1 heterocycles. The minimum Gasteiger partial charge on any atom is -0.307 e. The minimum atomic E-state index is -0.320. The van der Waals surface area contributed by atoms with Crippen molar-refractivity contribution in [2.24, 2.45) is 0 Å². The molecule has 1 aliphatic rings. The SMILES string of the molecule is N#CC[C@@H]1C(=O)N(Cc2ccccc2)c2ccccc21. The Kier molecular flexibility index (Phi) is 3.22. The predicted octanol–water partition coefficient (Wildman–Crippen LogP) is 3.23. The van der Waals surface area contributed by atoms with Crippen LogP contribution in [0.3, 0.4) is 0 Å². The second-order valence-corrected chi connectivity index (χ2v) is 4.88. The third kappa shape index (κ3) is 2.06. The van der Waals surface area contributed by atoms with Crippen molar-refractivity contribution in [1.82, 2.24) is 0 Å². The van der Waals surface area contributed by atoms with Crippen molar-refractivity contribution in [3.8, 4) is 6.07 Å². The highest BCUT2D eigenvalue weighted by molar-refractivity contribution is 6.05. The van der Waals surface area contributed by atoms with Crippen molar-refractivity contribution < 1.29 is 4.79 Å². The molecule has 0 saturated carbocycles. The van der Waals surface area contributed by atoms with Crippen molar-refractivity contribution in [1.29, 1.82) is 5.26 Å². The summed E-state index contributed by atoms with van der Waals surface area (Å²) in [4.78, 5) is 14.3. The average Bonchev–Trinajstić information content (AvgIpc) is 2.75. The lowest BCUT2D eigenvalue weighted by Gasteiger charge is -2.17. The fraction of sp³-hybridized carbons (Fsp3) is 0.176. The Morgan fingerprint density at radius 3 is 2.50 bits per heavy atom. The van der Waals surface area contributed by atoms with Crippen LogP contribution in [0, 0.1) is 11.3 Å². The van der Waals surface area contributed by atoms with Crippen LogP contribution < -0.4 is 4.90 Å². The number of nitrogens with zero attached hydrogens (tertiary/aromatic N) is 2. The number of fused-ring (bicyclic) bond motifs is 1. The van der Waals surface area contributed by atoms with Gasteiger partial charge in [-0.1, -0.05) is 48.5 Å². The molecule has 0 unspecified atom stereocenters.